The van der Waals surface area contributed by atoms with E-state index in [1.165, 1.54) is 12.1 Å². The second-order valence-corrected chi connectivity index (χ2v) is 4.81. The summed E-state index contributed by atoms with van der Waals surface area (Å²) in [4.78, 5) is 25.5. The molecule has 0 spiro atoms. The fraction of sp³-hybridized carbons (Fsp3) is 0.462. The number of benzene rings is 1. The van der Waals surface area contributed by atoms with E-state index in [-0.39, 0.29) is 11.4 Å². The molecule has 0 bridgehead atoms. The Morgan fingerprint density at radius 1 is 1.38 bits per heavy atom. The third kappa shape index (κ3) is 3.60. The fourth-order valence-electron chi connectivity index (χ4n) is 2.41. The minimum absolute atomic E-state index is 0.0107. The van der Waals surface area contributed by atoms with E-state index in [2.05, 4.69) is 16.7 Å². The number of nitro benzene ring substituents is 1. The van der Waals surface area contributed by atoms with Gasteiger partial charge < -0.3 is 14.9 Å². The Kier molecular flexibility index (Phi) is 4.59. The van der Waals surface area contributed by atoms with Crippen molar-refractivity contribution >= 4 is 23.2 Å². The van der Waals surface area contributed by atoms with E-state index < -0.39 is 11.0 Å². The SMILES string of the molecule is CCN1CCN(c2ccc(NC(=O)O)c([N+](=O)[O-])c2)CC1. The van der Waals surface area contributed by atoms with Crippen LogP contribution in [0.3, 0.4) is 0 Å². The monoisotopic (exact) mass is 294 g/mol. The molecule has 1 aliphatic rings. The van der Waals surface area contributed by atoms with Gasteiger partial charge in [-0.15, -0.1) is 0 Å². The highest BCUT2D eigenvalue weighted by atomic mass is 16.6. The van der Waals surface area contributed by atoms with Gasteiger partial charge in [-0.05, 0) is 18.7 Å². The molecule has 8 heteroatoms. The van der Waals surface area contributed by atoms with Gasteiger partial charge in [0.05, 0.1) is 4.92 Å². The van der Waals surface area contributed by atoms with Crippen LogP contribution in [0.1, 0.15) is 6.92 Å². The summed E-state index contributed by atoms with van der Waals surface area (Å²) in [5.74, 6) is 0. The third-order valence-electron chi connectivity index (χ3n) is 3.60. The molecule has 8 nitrogen and oxygen atoms in total. The lowest BCUT2D eigenvalue weighted by Gasteiger charge is -2.35. The molecule has 1 aliphatic heterocycles. The molecule has 1 heterocycles. The highest BCUT2D eigenvalue weighted by molar-refractivity contribution is 5.87. The van der Waals surface area contributed by atoms with Gasteiger partial charge >= 0.3 is 6.09 Å². The zero-order chi connectivity index (χ0) is 15.4. The first-order valence-corrected chi connectivity index (χ1v) is 6.77. The van der Waals surface area contributed by atoms with Gasteiger partial charge in [0, 0.05) is 37.9 Å². The molecule has 0 saturated carbocycles. The van der Waals surface area contributed by atoms with Crippen molar-refractivity contribution in [3.63, 3.8) is 0 Å². The van der Waals surface area contributed by atoms with E-state index in [1.54, 1.807) is 6.07 Å². The molecule has 2 N–H and O–H groups in total. The summed E-state index contributed by atoms with van der Waals surface area (Å²) in [6, 6.07) is 4.57. The third-order valence-corrected chi connectivity index (χ3v) is 3.60. The number of amides is 1. The number of nitrogens with one attached hydrogen (secondary N) is 1. The Morgan fingerprint density at radius 2 is 2.05 bits per heavy atom. The summed E-state index contributed by atoms with van der Waals surface area (Å²) >= 11 is 0. The Balaban J connectivity index is 2.20. The second-order valence-electron chi connectivity index (χ2n) is 4.81. The maximum Gasteiger partial charge on any atom is 0.409 e. The van der Waals surface area contributed by atoms with Crippen LogP contribution in [0.2, 0.25) is 0 Å². The summed E-state index contributed by atoms with van der Waals surface area (Å²) in [5, 5.41) is 21.8. The maximum atomic E-state index is 11.1. The van der Waals surface area contributed by atoms with Crippen LogP contribution in [0.4, 0.5) is 21.9 Å². The van der Waals surface area contributed by atoms with Crippen LogP contribution in [0.5, 0.6) is 0 Å². The second kappa shape index (κ2) is 6.40. The van der Waals surface area contributed by atoms with Gasteiger partial charge in [0.2, 0.25) is 0 Å². The molecule has 0 radical (unpaired) electrons. The number of likely N-dealkylation sites (N-methyl/N-ethyl adjacent to an activating group) is 1. The molecule has 1 amide bonds. The van der Waals surface area contributed by atoms with E-state index in [4.69, 9.17) is 5.11 Å². The smallest absolute Gasteiger partial charge is 0.409 e. The van der Waals surface area contributed by atoms with Crippen LogP contribution in [-0.4, -0.2) is 53.7 Å². The van der Waals surface area contributed by atoms with E-state index >= 15 is 0 Å². The van der Waals surface area contributed by atoms with E-state index in [1.807, 2.05) is 5.32 Å². The highest BCUT2D eigenvalue weighted by Gasteiger charge is 2.21. The zero-order valence-corrected chi connectivity index (χ0v) is 11.8. The molecule has 2 rings (SSSR count). The van der Waals surface area contributed by atoms with Crippen molar-refractivity contribution in [1.29, 1.82) is 0 Å². The molecule has 0 aliphatic carbocycles. The molecule has 0 unspecified atom stereocenters. The Bertz CT molecular complexity index is 541. The van der Waals surface area contributed by atoms with Gasteiger partial charge in [-0.25, -0.2) is 4.79 Å². The normalized spacial score (nSPS) is 15.8. The molecule has 1 aromatic rings. The molecule has 114 valence electrons. The highest BCUT2D eigenvalue weighted by Crippen LogP contribution is 2.30. The summed E-state index contributed by atoms with van der Waals surface area (Å²) in [6.45, 7) is 6.54. The maximum absolute atomic E-state index is 11.1. The van der Waals surface area contributed by atoms with Gasteiger partial charge in [0.1, 0.15) is 5.69 Å². The van der Waals surface area contributed by atoms with Crippen LogP contribution >= 0.6 is 0 Å². The first-order chi connectivity index (χ1) is 10.0. The number of carbonyl (C=O) groups is 1. The molecule has 1 saturated heterocycles. The molecule has 21 heavy (non-hydrogen) atoms. The van der Waals surface area contributed by atoms with Crippen LogP contribution in [-0.2, 0) is 0 Å². The molecular weight excluding hydrogens is 276 g/mol. The molecule has 1 aromatic carbocycles. The predicted octanol–water partition coefficient (Wildman–Crippen LogP) is 1.83. The van der Waals surface area contributed by atoms with Gasteiger partial charge in [0.15, 0.2) is 0 Å². The summed E-state index contributed by atoms with van der Waals surface area (Å²) in [5.41, 5.74) is 0.504. The fourth-order valence-corrected chi connectivity index (χ4v) is 2.41. The summed E-state index contributed by atoms with van der Waals surface area (Å²) in [7, 11) is 0. The van der Waals surface area contributed by atoms with Crippen molar-refractivity contribution in [3.05, 3.63) is 28.3 Å². The number of rotatable bonds is 4. The first-order valence-electron chi connectivity index (χ1n) is 6.77. The number of nitrogens with zero attached hydrogens (tertiary/aromatic N) is 3. The molecule has 0 atom stereocenters. The molecular formula is C13H18N4O4. The van der Waals surface area contributed by atoms with Gasteiger partial charge in [-0.3, -0.25) is 15.4 Å². The standard InChI is InChI=1S/C13H18N4O4/c1-2-15-5-7-16(8-6-15)10-3-4-11(14-13(18)19)12(9-10)17(20)21/h3-4,9,14H,2,5-8H2,1H3,(H,18,19). The van der Waals surface area contributed by atoms with Crippen LogP contribution in [0.15, 0.2) is 18.2 Å². The lowest BCUT2D eigenvalue weighted by molar-refractivity contribution is -0.383. The molecule has 0 aromatic heterocycles. The summed E-state index contributed by atoms with van der Waals surface area (Å²) in [6.07, 6.45) is -1.32. The quantitative estimate of drug-likeness (QED) is 0.649. The van der Waals surface area contributed by atoms with Gasteiger partial charge in [-0.2, -0.15) is 0 Å². The lowest BCUT2D eigenvalue weighted by atomic mass is 10.2. The van der Waals surface area contributed by atoms with Gasteiger partial charge in [-0.1, -0.05) is 6.92 Å². The largest absolute Gasteiger partial charge is 0.465 e. The lowest BCUT2D eigenvalue weighted by Crippen LogP contribution is -2.46. The van der Waals surface area contributed by atoms with Crippen LogP contribution in [0, 0.1) is 10.1 Å². The number of piperazine rings is 1. The Hall–Kier alpha value is -2.35. The Morgan fingerprint density at radius 3 is 2.57 bits per heavy atom. The number of nitro groups is 1. The van der Waals surface area contributed by atoms with Crippen molar-refractivity contribution in [2.75, 3.05) is 42.9 Å². The Labute approximate surface area is 122 Å². The number of carboxylic acid groups (broad SMARTS) is 1. The first kappa shape index (κ1) is 15.0. The summed E-state index contributed by atoms with van der Waals surface area (Å²) < 4.78 is 0. The average Bonchev–Trinajstić information content (AvgIpc) is 2.47. The number of hydrogen-bond acceptors (Lipinski definition) is 5. The van der Waals surface area contributed by atoms with Crippen molar-refractivity contribution < 1.29 is 14.8 Å². The van der Waals surface area contributed by atoms with Crippen molar-refractivity contribution in [2.24, 2.45) is 0 Å². The van der Waals surface area contributed by atoms with E-state index in [9.17, 15) is 14.9 Å². The average molecular weight is 294 g/mol. The predicted molar refractivity (Wildman–Crippen MR) is 79.1 cm³/mol. The van der Waals surface area contributed by atoms with E-state index in [0.29, 0.717) is 0 Å². The van der Waals surface area contributed by atoms with Crippen molar-refractivity contribution in [2.45, 2.75) is 6.92 Å². The number of hydrogen-bond donors (Lipinski definition) is 2. The zero-order valence-electron chi connectivity index (χ0n) is 11.8. The number of anilines is 2. The van der Waals surface area contributed by atoms with Crippen molar-refractivity contribution in [3.8, 4) is 0 Å². The van der Waals surface area contributed by atoms with Crippen molar-refractivity contribution in [1.82, 2.24) is 4.90 Å². The minimum atomic E-state index is -1.32. The molecule has 1 fully saturated rings. The van der Waals surface area contributed by atoms with E-state index in [0.717, 1.165) is 38.4 Å². The van der Waals surface area contributed by atoms with Crippen LogP contribution in [0.25, 0.3) is 0 Å². The van der Waals surface area contributed by atoms with Crippen LogP contribution < -0.4 is 10.2 Å². The topological polar surface area (TPSA) is 99.0 Å². The van der Waals surface area contributed by atoms with Gasteiger partial charge in [0.25, 0.3) is 5.69 Å². The minimum Gasteiger partial charge on any atom is -0.465 e.